The van der Waals surface area contributed by atoms with Crippen molar-refractivity contribution in [1.29, 1.82) is 5.26 Å². The number of non-ortho nitro benzene ring substituents is 1. The molecule has 0 aliphatic heterocycles. The molecule has 156 valence electrons. The second-order valence-corrected chi connectivity index (χ2v) is 8.40. The molecule has 31 heavy (non-hydrogen) atoms. The van der Waals surface area contributed by atoms with E-state index in [0.29, 0.717) is 42.0 Å². The van der Waals surface area contributed by atoms with Crippen molar-refractivity contribution < 1.29 is 9.66 Å². The molecule has 0 aromatic heterocycles. The van der Waals surface area contributed by atoms with Crippen molar-refractivity contribution in [2.75, 3.05) is 0 Å². The lowest BCUT2D eigenvalue weighted by Gasteiger charge is -2.12. The van der Waals surface area contributed by atoms with Gasteiger partial charge in [-0.1, -0.05) is 40.9 Å². The third-order valence-electron chi connectivity index (χ3n) is 4.21. The number of nitrogens with zero attached hydrogens (tertiary/aromatic N) is 2. The minimum absolute atomic E-state index is 0.0460. The van der Waals surface area contributed by atoms with E-state index in [1.165, 1.54) is 24.3 Å². The lowest BCUT2D eigenvalue weighted by atomic mass is 10.0. The van der Waals surface area contributed by atoms with Gasteiger partial charge in [-0.15, -0.1) is 0 Å². The Morgan fingerprint density at radius 3 is 2.35 bits per heavy atom. The van der Waals surface area contributed by atoms with Crippen LogP contribution in [0.15, 0.2) is 59.1 Å². The van der Waals surface area contributed by atoms with Crippen molar-refractivity contribution in [3.8, 4) is 11.8 Å². The zero-order valence-corrected chi connectivity index (χ0v) is 19.5. The van der Waals surface area contributed by atoms with Crippen LogP contribution in [0.2, 0.25) is 15.1 Å². The first-order chi connectivity index (χ1) is 14.8. The molecule has 0 heterocycles. The molecule has 3 aromatic carbocycles. The average molecular weight is 539 g/mol. The van der Waals surface area contributed by atoms with Gasteiger partial charge in [0.15, 0.2) is 5.75 Å². The number of rotatable bonds is 6. The molecule has 0 unspecified atom stereocenters. The Morgan fingerprint density at radius 1 is 1.06 bits per heavy atom. The Bertz CT molecular complexity index is 1200. The van der Waals surface area contributed by atoms with Crippen LogP contribution in [-0.2, 0) is 6.61 Å². The molecule has 0 radical (unpaired) electrons. The van der Waals surface area contributed by atoms with Gasteiger partial charge in [0.1, 0.15) is 6.61 Å². The monoisotopic (exact) mass is 536 g/mol. The molecule has 0 amide bonds. The topological polar surface area (TPSA) is 76.2 Å². The molecule has 5 nitrogen and oxygen atoms in total. The van der Waals surface area contributed by atoms with Crippen molar-refractivity contribution in [2.24, 2.45) is 0 Å². The Hall–Kier alpha value is -2.56. The maximum Gasteiger partial charge on any atom is 0.269 e. The molecule has 0 saturated carbocycles. The van der Waals surface area contributed by atoms with E-state index in [2.05, 4.69) is 22.0 Å². The highest BCUT2D eigenvalue weighted by Gasteiger charge is 2.12. The summed E-state index contributed by atoms with van der Waals surface area (Å²) in [5.41, 5.74) is 2.33. The highest BCUT2D eigenvalue weighted by Crippen LogP contribution is 2.36. The molecule has 0 saturated heterocycles. The molecule has 3 aromatic rings. The number of allylic oxidation sites excluding steroid dienone is 1. The minimum Gasteiger partial charge on any atom is -0.486 e. The van der Waals surface area contributed by atoms with Crippen molar-refractivity contribution in [3.63, 3.8) is 0 Å². The van der Waals surface area contributed by atoms with Crippen LogP contribution in [0.25, 0.3) is 11.6 Å². The third kappa shape index (κ3) is 5.78. The Balaban J connectivity index is 1.83. The second-order valence-electron chi connectivity index (χ2n) is 6.32. The van der Waals surface area contributed by atoms with Crippen molar-refractivity contribution in [3.05, 3.63) is 101 Å². The largest absolute Gasteiger partial charge is 0.486 e. The van der Waals surface area contributed by atoms with Crippen LogP contribution in [-0.4, -0.2) is 4.92 Å². The molecule has 0 spiro atoms. The summed E-state index contributed by atoms with van der Waals surface area (Å²) in [5, 5.41) is 21.6. The van der Waals surface area contributed by atoms with Crippen LogP contribution in [0.3, 0.4) is 0 Å². The molecule has 3 rings (SSSR count). The Kier molecular flexibility index (Phi) is 7.58. The van der Waals surface area contributed by atoms with E-state index in [1.807, 2.05) is 0 Å². The minimum atomic E-state index is -0.493. The molecule has 0 aliphatic carbocycles. The summed E-state index contributed by atoms with van der Waals surface area (Å²) in [5.74, 6) is 0.443. The number of ether oxygens (including phenoxy) is 1. The highest BCUT2D eigenvalue weighted by molar-refractivity contribution is 9.10. The van der Waals surface area contributed by atoms with E-state index in [-0.39, 0.29) is 12.3 Å². The van der Waals surface area contributed by atoms with Crippen LogP contribution in [0.1, 0.15) is 16.7 Å². The molecule has 0 N–H and O–H groups in total. The number of hydrogen-bond acceptors (Lipinski definition) is 4. The molecule has 0 fully saturated rings. The lowest BCUT2D eigenvalue weighted by molar-refractivity contribution is -0.384. The Labute approximate surface area is 201 Å². The van der Waals surface area contributed by atoms with Gasteiger partial charge in [0.25, 0.3) is 5.69 Å². The van der Waals surface area contributed by atoms with E-state index in [0.717, 1.165) is 5.56 Å². The van der Waals surface area contributed by atoms with Gasteiger partial charge in [0.2, 0.25) is 0 Å². The SMILES string of the molecule is N#C/C(=C/c1cc(Cl)c(OCc2ccc(Cl)c(Cl)c2)c(Br)c1)c1ccc([N+](=O)[O-])cc1. The fourth-order valence-corrected chi connectivity index (χ4v) is 4.00. The lowest BCUT2D eigenvalue weighted by Crippen LogP contribution is -1.97. The van der Waals surface area contributed by atoms with Crippen LogP contribution in [0.4, 0.5) is 5.69 Å². The highest BCUT2D eigenvalue weighted by atomic mass is 79.9. The van der Waals surface area contributed by atoms with E-state index >= 15 is 0 Å². The van der Waals surface area contributed by atoms with Crippen LogP contribution in [0, 0.1) is 21.4 Å². The molecule has 9 heteroatoms. The standard InChI is InChI=1S/C22H12BrCl3N2O3/c23-18-8-14(7-16(11-27)15-2-4-17(5-3-15)28(29)30)10-21(26)22(18)31-12-13-1-6-19(24)20(25)9-13/h1-10H,12H2/b16-7-. The number of nitro groups is 1. The fourth-order valence-electron chi connectivity index (χ4n) is 2.70. The maximum absolute atomic E-state index is 10.8. The van der Waals surface area contributed by atoms with Gasteiger partial charge in [-0.05, 0) is 75.1 Å². The number of hydrogen-bond donors (Lipinski definition) is 0. The zero-order chi connectivity index (χ0) is 22.5. The van der Waals surface area contributed by atoms with Crippen LogP contribution < -0.4 is 4.74 Å². The quantitative estimate of drug-likeness (QED) is 0.138. The predicted octanol–water partition coefficient (Wildman–Crippen LogP) is 7.96. The summed E-state index contributed by atoms with van der Waals surface area (Å²) in [6.45, 7) is 0.233. The summed E-state index contributed by atoms with van der Waals surface area (Å²) in [6.07, 6.45) is 1.64. The van der Waals surface area contributed by atoms with E-state index in [1.54, 1.807) is 36.4 Å². The summed E-state index contributed by atoms with van der Waals surface area (Å²) in [7, 11) is 0. The molecular weight excluding hydrogens is 527 g/mol. The summed E-state index contributed by atoms with van der Waals surface area (Å²) in [4.78, 5) is 10.3. The van der Waals surface area contributed by atoms with Crippen LogP contribution >= 0.6 is 50.7 Å². The summed E-state index contributed by atoms with van der Waals surface area (Å²) in [6, 6.07) is 16.5. The summed E-state index contributed by atoms with van der Waals surface area (Å²) >= 11 is 21.8. The predicted molar refractivity (Wildman–Crippen MR) is 127 cm³/mol. The summed E-state index contributed by atoms with van der Waals surface area (Å²) < 4.78 is 6.43. The smallest absolute Gasteiger partial charge is 0.269 e. The molecular formula is C22H12BrCl3N2O3. The van der Waals surface area contributed by atoms with Gasteiger partial charge >= 0.3 is 0 Å². The number of halogens is 4. The number of nitriles is 1. The number of nitro benzene ring substituents is 1. The van der Waals surface area contributed by atoms with Gasteiger partial charge in [0.05, 0.1) is 36.1 Å². The van der Waals surface area contributed by atoms with Gasteiger partial charge < -0.3 is 4.74 Å². The molecule has 0 atom stereocenters. The maximum atomic E-state index is 10.8. The Morgan fingerprint density at radius 2 is 1.77 bits per heavy atom. The first kappa shape index (κ1) is 23.1. The van der Waals surface area contributed by atoms with E-state index in [4.69, 9.17) is 39.5 Å². The zero-order valence-electron chi connectivity index (χ0n) is 15.6. The van der Waals surface area contributed by atoms with Crippen molar-refractivity contribution >= 4 is 68.1 Å². The van der Waals surface area contributed by atoms with Gasteiger partial charge in [0, 0.05) is 12.1 Å². The average Bonchev–Trinajstić information content (AvgIpc) is 2.74. The fraction of sp³-hybridized carbons (Fsp3) is 0.0455. The second kappa shape index (κ2) is 10.2. The third-order valence-corrected chi connectivity index (χ3v) is 5.82. The van der Waals surface area contributed by atoms with Gasteiger partial charge in [-0.25, -0.2) is 0 Å². The molecule has 0 aliphatic rings. The van der Waals surface area contributed by atoms with Gasteiger partial charge in [-0.2, -0.15) is 5.26 Å². The van der Waals surface area contributed by atoms with Crippen molar-refractivity contribution in [1.82, 2.24) is 0 Å². The van der Waals surface area contributed by atoms with Crippen molar-refractivity contribution in [2.45, 2.75) is 6.61 Å². The first-order valence-electron chi connectivity index (χ1n) is 8.71. The van der Waals surface area contributed by atoms with Gasteiger partial charge in [-0.3, -0.25) is 10.1 Å². The normalized spacial score (nSPS) is 11.1. The first-order valence-corrected chi connectivity index (χ1v) is 10.6. The van der Waals surface area contributed by atoms with E-state index in [9.17, 15) is 15.4 Å². The molecule has 0 bridgehead atoms. The van der Waals surface area contributed by atoms with E-state index < -0.39 is 4.92 Å². The van der Waals surface area contributed by atoms with Crippen LogP contribution in [0.5, 0.6) is 5.75 Å². The number of benzene rings is 3.